The number of anilines is 2. The fourth-order valence-electron chi connectivity index (χ4n) is 2.29. The maximum absolute atomic E-state index is 12.0. The third kappa shape index (κ3) is 3.08. The van der Waals surface area contributed by atoms with Crippen molar-refractivity contribution in [1.82, 2.24) is 9.88 Å². The van der Waals surface area contributed by atoms with E-state index in [0.717, 1.165) is 0 Å². The second kappa shape index (κ2) is 6.01. The highest BCUT2D eigenvalue weighted by atomic mass is 16.5. The van der Waals surface area contributed by atoms with Crippen molar-refractivity contribution >= 4 is 28.7 Å². The number of oxazole rings is 1. The molecule has 0 saturated carbocycles. The molecular formula is C14H18N4O3. The van der Waals surface area contributed by atoms with Gasteiger partial charge in [-0.05, 0) is 12.1 Å². The lowest BCUT2D eigenvalue weighted by molar-refractivity contribution is -0.134. The van der Waals surface area contributed by atoms with Crippen LogP contribution in [0.4, 0.5) is 11.7 Å². The first kappa shape index (κ1) is 13.7. The molecule has 1 aromatic heterocycles. The molecule has 112 valence electrons. The van der Waals surface area contributed by atoms with Crippen LogP contribution in [0.1, 0.15) is 6.42 Å². The zero-order valence-electron chi connectivity index (χ0n) is 11.7. The van der Waals surface area contributed by atoms with Gasteiger partial charge in [0.25, 0.3) is 6.01 Å². The van der Waals surface area contributed by atoms with E-state index in [4.69, 9.17) is 14.9 Å². The van der Waals surface area contributed by atoms with Gasteiger partial charge in [0, 0.05) is 26.1 Å². The molecule has 7 heteroatoms. The minimum absolute atomic E-state index is 0.112. The summed E-state index contributed by atoms with van der Waals surface area (Å²) in [6.07, 6.45) is 0.397. The molecule has 3 rings (SSSR count). The average Bonchev–Trinajstić information content (AvgIpc) is 2.92. The first-order valence-corrected chi connectivity index (χ1v) is 6.98. The minimum atomic E-state index is 0.112. The van der Waals surface area contributed by atoms with Gasteiger partial charge in [-0.2, -0.15) is 4.98 Å². The molecule has 1 aliphatic heterocycles. The van der Waals surface area contributed by atoms with Crippen LogP contribution in [-0.2, 0) is 9.53 Å². The predicted molar refractivity (Wildman–Crippen MR) is 78.9 cm³/mol. The molecule has 2 heterocycles. The lowest BCUT2D eigenvalue weighted by atomic mass is 10.3. The highest BCUT2D eigenvalue weighted by molar-refractivity contribution is 5.86. The van der Waals surface area contributed by atoms with Crippen molar-refractivity contribution in [3.63, 3.8) is 0 Å². The zero-order chi connectivity index (χ0) is 14.7. The molecule has 1 saturated heterocycles. The van der Waals surface area contributed by atoms with Crippen LogP contribution in [0.5, 0.6) is 0 Å². The van der Waals surface area contributed by atoms with Gasteiger partial charge in [0.05, 0.1) is 18.9 Å². The van der Waals surface area contributed by atoms with E-state index in [9.17, 15) is 4.79 Å². The Kier molecular flexibility index (Phi) is 3.92. The SMILES string of the molecule is Nc1cccc2oc(NCCC(=O)N3CCOCC3)nc12. The number of para-hydroxylation sites is 1. The molecule has 0 unspecified atom stereocenters. The van der Waals surface area contributed by atoms with E-state index in [1.165, 1.54) is 0 Å². The average molecular weight is 290 g/mol. The van der Waals surface area contributed by atoms with Crippen LogP contribution in [0, 0.1) is 0 Å². The summed E-state index contributed by atoms with van der Waals surface area (Å²) in [5.74, 6) is 0.112. The number of morpholine rings is 1. The first-order chi connectivity index (χ1) is 10.2. The molecule has 1 fully saturated rings. The van der Waals surface area contributed by atoms with Gasteiger partial charge in [0.2, 0.25) is 5.91 Å². The highest BCUT2D eigenvalue weighted by Gasteiger charge is 2.16. The van der Waals surface area contributed by atoms with Crippen molar-refractivity contribution in [3.8, 4) is 0 Å². The molecule has 0 aliphatic carbocycles. The summed E-state index contributed by atoms with van der Waals surface area (Å²) in [7, 11) is 0. The van der Waals surface area contributed by atoms with Crippen LogP contribution >= 0.6 is 0 Å². The van der Waals surface area contributed by atoms with E-state index >= 15 is 0 Å². The molecule has 1 aromatic carbocycles. The Bertz CT molecular complexity index is 634. The first-order valence-electron chi connectivity index (χ1n) is 6.98. The molecule has 7 nitrogen and oxygen atoms in total. The van der Waals surface area contributed by atoms with Crippen LogP contribution in [0.2, 0.25) is 0 Å². The Morgan fingerprint density at radius 2 is 2.19 bits per heavy atom. The van der Waals surface area contributed by atoms with Crippen molar-refractivity contribution < 1.29 is 13.9 Å². The summed E-state index contributed by atoms with van der Waals surface area (Å²) in [5.41, 5.74) is 7.67. The monoisotopic (exact) mass is 290 g/mol. The van der Waals surface area contributed by atoms with Gasteiger partial charge >= 0.3 is 0 Å². The third-order valence-electron chi connectivity index (χ3n) is 3.43. The normalized spacial score (nSPS) is 15.3. The Labute approximate surface area is 122 Å². The van der Waals surface area contributed by atoms with E-state index in [0.29, 0.717) is 62.1 Å². The van der Waals surface area contributed by atoms with Crippen LogP contribution in [-0.4, -0.2) is 48.6 Å². The number of hydrogen-bond donors (Lipinski definition) is 2. The molecule has 0 atom stereocenters. The maximum atomic E-state index is 12.0. The molecule has 2 aromatic rings. The van der Waals surface area contributed by atoms with Gasteiger partial charge in [-0.3, -0.25) is 4.79 Å². The fourth-order valence-corrected chi connectivity index (χ4v) is 2.29. The van der Waals surface area contributed by atoms with E-state index in [2.05, 4.69) is 10.3 Å². The number of ether oxygens (including phenoxy) is 1. The summed E-state index contributed by atoms with van der Waals surface area (Å²) < 4.78 is 10.8. The topological polar surface area (TPSA) is 93.6 Å². The van der Waals surface area contributed by atoms with Gasteiger partial charge in [-0.15, -0.1) is 0 Å². The van der Waals surface area contributed by atoms with Crippen molar-refractivity contribution in [2.45, 2.75) is 6.42 Å². The number of hydrogen-bond acceptors (Lipinski definition) is 6. The second-order valence-corrected chi connectivity index (χ2v) is 4.88. The lowest BCUT2D eigenvalue weighted by Gasteiger charge is -2.26. The molecule has 1 amide bonds. The smallest absolute Gasteiger partial charge is 0.295 e. The minimum Gasteiger partial charge on any atom is -0.423 e. The number of nitrogens with two attached hydrogens (primary N) is 1. The van der Waals surface area contributed by atoms with Gasteiger partial charge in [0.1, 0.15) is 5.52 Å². The highest BCUT2D eigenvalue weighted by Crippen LogP contribution is 2.23. The molecule has 21 heavy (non-hydrogen) atoms. The lowest BCUT2D eigenvalue weighted by Crippen LogP contribution is -2.41. The molecule has 3 N–H and O–H groups in total. The Morgan fingerprint density at radius 3 is 2.95 bits per heavy atom. The van der Waals surface area contributed by atoms with Crippen molar-refractivity contribution in [1.29, 1.82) is 0 Å². The summed E-state index contributed by atoms with van der Waals surface area (Å²) in [4.78, 5) is 18.1. The van der Waals surface area contributed by atoms with E-state index in [1.807, 2.05) is 17.0 Å². The van der Waals surface area contributed by atoms with Crippen LogP contribution in [0.3, 0.4) is 0 Å². The number of fused-ring (bicyclic) bond motifs is 1. The number of nitrogens with zero attached hydrogens (tertiary/aromatic N) is 2. The van der Waals surface area contributed by atoms with Crippen molar-refractivity contribution in [2.24, 2.45) is 0 Å². The number of rotatable bonds is 4. The predicted octanol–water partition coefficient (Wildman–Crippen LogP) is 1.07. The molecule has 0 spiro atoms. The summed E-state index contributed by atoms with van der Waals surface area (Å²) in [6, 6.07) is 5.78. The van der Waals surface area contributed by atoms with Crippen LogP contribution in [0.15, 0.2) is 22.6 Å². The number of nitrogen functional groups attached to an aromatic ring is 1. The zero-order valence-corrected chi connectivity index (χ0v) is 11.7. The summed E-state index contributed by atoms with van der Waals surface area (Å²) >= 11 is 0. The van der Waals surface area contributed by atoms with Crippen molar-refractivity contribution in [2.75, 3.05) is 43.9 Å². The quantitative estimate of drug-likeness (QED) is 0.818. The summed E-state index contributed by atoms with van der Waals surface area (Å²) in [5, 5.41) is 3.02. The fraction of sp³-hybridized carbons (Fsp3) is 0.429. The Morgan fingerprint density at radius 1 is 1.38 bits per heavy atom. The van der Waals surface area contributed by atoms with Crippen LogP contribution < -0.4 is 11.1 Å². The molecule has 0 radical (unpaired) electrons. The van der Waals surface area contributed by atoms with E-state index < -0.39 is 0 Å². The maximum Gasteiger partial charge on any atom is 0.295 e. The van der Waals surface area contributed by atoms with E-state index in [1.54, 1.807) is 6.07 Å². The Balaban J connectivity index is 1.54. The van der Waals surface area contributed by atoms with Gasteiger partial charge in [0.15, 0.2) is 5.58 Å². The van der Waals surface area contributed by atoms with Gasteiger partial charge in [-0.1, -0.05) is 6.07 Å². The molecule has 0 bridgehead atoms. The number of aromatic nitrogens is 1. The van der Waals surface area contributed by atoms with Crippen LogP contribution in [0.25, 0.3) is 11.1 Å². The number of nitrogens with one attached hydrogen (secondary N) is 1. The molecular weight excluding hydrogens is 272 g/mol. The largest absolute Gasteiger partial charge is 0.423 e. The number of benzene rings is 1. The second-order valence-electron chi connectivity index (χ2n) is 4.88. The standard InChI is InChI=1S/C14H18N4O3/c15-10-2-1-3-11-13(10)17-14(21-11)16-5-4-12(19)18-6-8-20-9-7-18/h1-3H,4-9,15H2,(H,16,17). The third-order valence-corrected chi connectivity index (χ3v) is 3.43. The van der Waals surface area contributed by atoms with E-state index in [-0.39, 0.29) is 5.91 Å². The molecule has 1 aliphatic rings. The Hall–Kier alpha value is -2.28. The van der Waals surface area contributed by atoms with Gasteiger partial charge in [-0.25, -0.2) is 0 Å². The number of amides is 1. The van der Waals surface area contributed by atoms with Gasteiger partial charge < -0.3 is 25.1 Å². The number of carbonyl (C=O) groups is 1. The summed E-state index contributed by atoms with van der Waals surface area (Å²) in [6.45, 7) is 3.03. The number of carbonyl (C=O) groups excluding carboxylic acids is 1. The van der Waals surface area contributed by atoms with Crippen molar-refractivity contribution in [3.05, 3.63) is 18.2 Å².